The smallest absolute Gasteiger partial charge is 0.0979 e. The molecule has 0 radical (unpaired) electrons. The maximum atomic E-state index is 5.52. The fourth-order valence-corrected chi connectivity index (χ4v) is 1.19. The van der Waals surface area contributed by atoms with Crippen LogP contribution in [-0.2, 0) is 10.8 Å². The molecule has 0 aliphatic carbocycles. The normalized spacial score (nSPS) is 10.6. The zero-order valence-corrected chi connectivity index (χ0v) is 8.31. The third-order valence-corrected chi connectivity index (χ3v) is 1.82. The second kappa shape index (κ2) is 5.43. The number of benzene rings is 1. The molecule has 0 N–H and O–H groups in total. The monoisotopic (exact) mass is 203 g/mol. The van der Waals surface area contributed by atoms with E-state index in [1.165, 1.54) is 3.82 Å². The van der Waals surface area contributed by atoms with Gasteiger partial charge in [-0.3, -0.25) is 4.18 Å². The first-order valence-electron chi connectivity index (χ1n) is 3.52. The van der Waals surface area contributed by atoms with Gasteiger partial charge >= 0.3 is 0 Å². The molecule has 0 aliphatic heterocycles. The van der Waals surface area contributed by atoms with Crippen molar-refractivity contribution in [2.24, 2.45) is 0 Å². The molecule has 0 unspecified atom stereocenters. The molecule has 1 aromatic carbocycles. The predicted molar refractivity (Wildman–Crippen MR) is 52.4 cm³/mol. The summed E-state index contributed by atoms with van der Waals surface area (Å²) in [5.74, 6) is 0. The molecule has 0 aromatic heterocycles. The molecule has 0 amide bonds. The van der Waals surface area contributed by atoms with Gasteiger partial charge in [0.2, 0.25) is 0 Å². The lowest BCUT2D eigenvalue weighted by Gasteiger charge is -2.04. The number of halogens is 1. The van der Waals surface area contributed by atoms with E-state index in [2.05, 4.69) is 0 Å². The molecule has 0 aliphatic rings. The van der Waals surface area contributed by atoms with Crippen LogP contribution in [0.3, 0.4) is 0 Å². The van der Waals surface area contributed by atoms with Gasteiger partial charge in [-0.15, -0.1) is 3.82 Å². The lowest BCUT2D eigenvalue weighted by molar-refractivity contribution is 0.354. The van der Waals surface area contributed by atoms with Crippen LogP contribution in [0, 0.1) is 0 Å². The van der Waals surface area contributed by atoms with Crippen molar-refractivity contribution >= 4 is 24.0 Å². The summed E-state index contributed by atoms with van der Waals surface area (Å²) in [6.45, 7) is 0.572. The molecule has 4 heteroatoms. The first-order valence-corrected chi connectivity index (χ1v) is 4.55. The van der Waals surface area contributed by atoms with Gasteiger partial charge in [0.25, 0.3) is 0 Å². The van der Waals surface area contributed by atoms with Gasteiger partial charge < -0.3 is 0 Å². The number of hydrogen-bond acceptors (Lipinski definition) is 3. The molecular formula is C8H10ClNOS. The first-order chi connectivity index (χ1) is 5.79. The molecular weight excluding hydrogens is 194 g/mol. The first kappa shape index (κ1) is 9.86. The van der Waals surface area contributed by atoms with Crippen LogP contribution in [0.5, 0.6) is 0 Å². The zero-order valence-electron chi connectivity index (χ0n) is 6.74. The summed E-state index contributed by atoms with van der Waals surface area (Å²) in [7, 11) is 1.72. The Kier molecular flexibility index (Phi) is 4.46. The van der Waals surface area contributed by atoms with E-state index >= 15 is 0 Å². The van der Waals surface area contributed by atoms with Gasteiger partial charge in [-0.05, 0) is 17.3 Å². The Bertz CT molecular complexity index is 218. The summed E-state index contributed by atoms with van der Waals surface area (Å²) in [4.78, 5) is 0. The van der Waals surface area contributed by atoms with E-state index in [0.29, 0.717) is 6.61 Å². The second-order valence-electron chi connectivity index (χ2n) is 2.24. The topological polar surface area (TPSA) is 12.5 Å². The van der Waals surface area contributed by atoms with Crippen LogP contribution in [0.15, 0.2) is 30.3 Å². The molecule has 1 rings (SSSR count). The highest BCUT2D eigenvalue weighted by molar-refractivity contribution is 7.93. The molecule has 0 spiro atoms. The highest BCUT2D eigenvalue weighted by atomic mass is 35.5. The SMILES string of the molecule is CN(Cl)SOCc1ccccc1. The van der Waals surface area contributed by atoms with Crippen molar-refractivity contribution in [1.82, 2.24) is 3.82 Å². The lowest BCUT2D eigenvalue weighted by Crippen LogP contribution is -1.93. The van der Waals surface area contributed by atoms with Gasteiger partial charge in [0.15, 0.2) is 0 Å². The predicted octanol–water partition coefficient (Wildman–Crippen LogP) is 2.85. The summed E-state index contributed by atoms with van der Waals surface area (Å²) in [5, 5.41) is 0. The molecule has 1 aromatic rings. The van der Waals surface area contributed by atoms with Crippen molar-refractivity contribution in [2.75, 3.05) is 7.05 Å². The Labute approximate surface area is 81.9 Å². The van der Waals surface area contributed by atoms with Crippen molar-refractivity contribution in [2.45, 2.75) is 6.61 Å². The maximum absolute atomic E-state index is 5.52. The molecule has 0 bridgehead atoms. The van der Waals surface area contributed by atoms with Gasteiger partial charge in [-0.25, -0.2) is 0 Å². The van der Waals surface area contributed by atoms with Crippen LogP contribution in [-0.4, -0.2) is 10.9 Å². The van der Waals surface area contributed by atoms with Crippen LogP contribution < -0.4 is 0 Å². The summed E-state index contributed by atoms with van der Waals surface area (Å²) < 4.78 is 6.58. The Morgan fingerprint density at radius 1 is 1.42 bits per heavy atom. The van der Waals surface area contributed by atoms with Gasteiger partial charge in [0.05, 0.1) is 18.8 Å². The molecule has 0 fully saturated rings. The van der Waals surface area contributed by atoms with Crippen LogP contribution in [0.1, 0.15) is 5.56 Å². The second-order valence-corrected chi connectivity index (χ2v) is 3.88. The van der Waals surface area contributed by atoms with E-state index in [4.69, 9.17) is 16.0 Å². The number of rotatable bonds is 4. The van der Waals surface area contributed by atoms with E-state index < -0.39 is 0 Å². The molecule has 0 saturated carbocycles. The highest BCUT2D eigenvalue weighted by Crippen LogP contribution is 2.13. The van der Waals surface area contributed by atoms with Gasteiger partial charge in [-0.1, -0.05) is 30.3 Å². The Morgan fingerprint density at radius 2 is 2.08 bits per heavy atom. The van der Waals surface area contributed by atoms with Crippen molar-refractivity contribution in [1.29, 1.82) is 0 Å². The standard InChI is InChI=1S/C8H10ClNOS/c1-10(9)12-11-7-8-5-3-2-4-6-8/h2-6H,7H2,1H3. The van der Waals surface area contributed by atoms with E-state index in [1.54, 1.807) is 7.05 Å². The van der Waals surface area contributed by atoms with Crippen LogP contribution in [0.4, 0.5) is 0 Å². The summed E-state index contributed by atoms with van der Waals surface area (Å²) in [6.07, 6.45) is 0. The fourth-order valence-electron chi connectivity index (χ4n) is 0.741. The molecule has 0 heterocycles. The van der Waals surface area contributed by atoms with Gasteiger partial charge in [0.1, 0.15) is 0 Å². The van der Waals surface area contributed by atoms with Crippen LogP contribution >= 0.6 is 24.0 Å². The summed E-state index contributed by atoms with van der Waals surface area (Å²) in [6, 6.07) is 9.95. The number of nitrogens with zero attached hydrogens (tertiary/aromatic N) is 1. The minimum atomic E-state index is 0.572. The number of hydrogen-bond donors (Lipinski definition) is 0. The largest absolute Gasteiger partial charge is 0.295 e. The quantitative estimate of drug-likeness (QED) is 0.424. The van der Waals surface area contributed by atoms with Gasteiger partial charge in [-0.2, -0.15) is 0 Å². The van der Waals surface area contributed by atoms with Crippen LogP contribution in [0.25, 0.3) is 0 Å². The van der Waals surface area contributed by atoms with E-state index in [9.17, 15) is 0 Å². The van der Waals surface area contributed by atoms with Crippen LogP contribution in [0.2, 0.25) is 0 Å². The molecule has 0 saturated heterocycles. The highest BCUT2D eigenvalue weighted by Gasteiger charge is 1.94. The third kappa shape index (κ3) is 3.97. The fraction of sp³-hybridized carbons (Fsp3) is 0.250. The van der Waals surface area contributed by atoms with Crippen molar-refractivity contribution in [3.8, 4) is 0 Å². The van der Waals surface area contributed by atoms with E-state index in [1.807, 2.05) is 30.3 Å². The van der Waals surface area contributed by atoms with Gasteiger partial charge in [0, 0.05) is 7.05 Å². The Morgan fingerprint density at radius 3 is 2.67 bits per heavy atom. The molecule has 12 heavy (non-hydrogen) atoms. The van der Waals surface area contributed by atoms with E-state index in [-0.39, 0.29) is 0 Å². The van der Waals surface area contributed by atoms with Crippen molar-refractivity contribution in [3.05, 3.63) is 35.9 Å². The van der Waals surface area contributed by atoms with Crippen molar-refractivity contribution in [3.63, 3.8) is 0 Å². The molecule has 0 atom stereocenters. The minimum Gasteiger partial charge on any atom is -0.295 e. The van der Waals surface area contributed by atoms with E-state index in [0.717, 1.165) is 17.8 Å². The molecule has 66 valence electrons. The molecule has 2 nitrogen and oxygen atoms in total. The van der Waals surface area contributed by atoms with Crippen molar-refractivity contribution < 1.29 is 4.18 Å². The Hall–Kier alpha value is -0.220. The average molecular weight is 204 g/mol. The lowest BCUT2D eigenvalue weighted by atomic mass is 10.2. The summed E-state index contributed by atoms with van der Waals surface area (Å²) in [5.41, 5.74) is 1.14. The minimum absolute atomic E-state index is 0.572. The summed E-state index contributed by atoms with van der Waals surface area (Å²) >= 11 is 6.64. The average Bonchev–Trinajstić information content (AvgIpc) is 2.05. The zero-order chi connectivity index (χ0) is 8.81. The maximum Gasteiger partial charge on any atom is 0.0979 e. The Balaban J connectivity index is 2.25. The third-order valence-electron chi connectivity index (χ3n) is 1.22.